The number of hydrogen-bond donors (Lipinski definition) is 1. The summed E-state index contributed by atoms with van der Waals surface area (Å²) >= 11 is 7.33. The van der Waals surface area contributed by atoms with Crippen LogP contribution in [0.15, 0.2) is 12.1 Å². The molecule has 1 saturated heterocycles. The maximum Gasteiger partial charge on any atom is 0.222 e. The summed E-state index contributed by atoms with van der Waals surface area (Å²) in [6.07, 6.45) is 2.92. The van der Waals surface area contributed by atoms with E-state index in [1.54, 1.807) is 4.90 Å². The fourth-order valence-electron chi connectivity index (χ4n) is 2.26. The molecule has 8 heteroatoms. The van der Waals surface area contributed by atoms with Gasteiger partial charge in [0.1, 0.15) is 0 Å². The van der Waals surface area contributed by atoms with Gasteiger partial charge in [0.15, 0.2) is 0 Å². The number of nitrogens with one attached hydrogen (secondary N) is 1. The minimum absolute atomic E-state index is 0.0623. The summed E-state index contributed by atoms with van der Waals surface area (Å²) in [5.41, 5.74) is 0. The largest absolute Gasteiger partial charge is 0.341 e. The van der Waals surface area contributed by atoms with Crippen LogP contribution in [0, 0.1) is 0 Å². The van der Waals surface area contributed by atoms with Gasteiger partial charge < -0.3 is 4.90 Å². The van der Waals surface area contributed by atoms with Crippen LogP contribution in [0.4, 0.5) is 0 Å². The number of aryl methyl sites for hydroxylation is 1. The Morgan fingerprint density at radius 1 is 1.55 bits per heavy atom. The number of halogens is 1. The molecule has 1 amide bonds. The molecule has 1 N–H and O–H groups in total. The average molecular weight is 337 g/mol. The number of nitrogens with zero attached hydrogens (tertiary/aromatic N) is 1. The second-order valence-electron chi connectivity index (χ2n) is 4.92. The lowest BCUT2D eigenvalue weighted by Gasteiger charge is -2.16. The van der Waals surface area contributed by atoms with E-state index in [0.29, 0.717) is 32.4 Å². The van der Waals surface area contributed by atoms with Crippen molar-refractivity contribution in [3.63, 3.8) is 0 Å². The lowest BCUT2D eigenvalue weighted by atomic mass is 10.2. The van der Waals surface area contributed by atoms with E-state index in [1.807, 2.05) is 12.1 Å². The molecule has 0 saturated carbocycles. The maximum atomic E-state index is 12.1. The number of likely N-dealkylation sites (tertiary alicyclic amines) is 1. The van der Waals surface area contributed by atoms with Crippen LogP contribution in [0.25, 0.3) is 0 Å². The molecule has 0 aromatic carbocycles. The Hall–Kier alpha value is -0.630. The van der Waals surface area contributed by atoms with Crippen molar-refractivity contribution in [2.24, 2.45) is 0 Å². The third-order valence-electron chi connectivity index (χ3n) is 3.14. The normalized spacial score (nSPS) is 19.5. The molecule has 2 heterocycles. The lowest BCUT2D eigenvalue weighted by Crippen LogP contribution is -2.37. The van der Waals surface area contributed by atoms with Crippen LogP contribution in [-0.2, 0) is 21.2 Å². The molecule has 1 aliphatic heterocycles. The SMILES string of the molecule is CS(=O)(=O)N[C@H]1CCN(C(=O)CCc2ccc(Cl)s2)C1. The first kappa shape index (κ1) is 15.8. The fourth-order valence-corrected chi connectivity index (χ4v) is 4.15. The van der Waals surface area contributed by atoms with Crippen molar-refractivity contribution in [2.45, 2.75) is 25.3 Å². The summed E-state index contributed by atoms with van der Waals surface area (Å²) in [4.78, 5) is 14.9. The third-order valence-corrected chi connectivity index (χ3v) is 5.19. The monoisotopic (exact) mass is 336 g/mol. The Morgan fingerprint density at radius 3 is 2.90 bits per heavy atom. The molecule has 20 heavy (non-hydrogen) atoms. The molecule has 0 aliphatic carbocycles. The van der Waals surface area contributed by atoms with Crippen molar-refractivity contribution in [3.05, 3.63) is 21.3 Å². The third kappa shape index (κ3) is 4.73. The van der Waals surface area contributed by atoms with Crippen LogP contribution in [0.1, 0.15) is 17.7 Å². The zero-order valence-electron chi connectivity index (χ0n) is 11.1. The Kier molecular flexibility index (Phi) is 5.06. The zero-order valence-corrected chi connectivity index (χ0v) is 13.5. The standard InChI is InChI=1S/C12H17ClN2O3S2/c1-20(17,18)14-9-6-7-15(8-9)12(16)5-3-10-2-4-11(13)19-10/h2,4,9,14H,3,5-8H2,1H3/t9-/m0/s1. The molecule has 1 atom stereocenters. The van der Waals surface area contributed by atoms with E-state index in [9.17, 15) is 13.2 Å². The highest BCUT2D eigenvalue weighted by Crippen LogP contribution is 2.23. The van der Waals surface area contributed by atoms with E-state index < -0.39 is 10.0 Å². The van der Waals surface area contributed by atoms with Crippen molar-refractivity contribution in [1.29, 1.82) is 0 Å². The molecule has 1 aromatic rings. The van der Waals surface area contributed by atoms with Gasteiger partial charge in [-0.25, -0.2) is 13.1 Å². The Bertz CT molecular complexity index is 585. The zero-order chi connectivity index (χ0) is 14.8. The molecule has 112 valence electrons. The molecular weight excluding hydrogens is 320 g/mol. The van der Waals surface area contributed by atoms with Gasteiger partial charge in [0.05, 0.1) is 10.6 Å². The molecule has 0 spiro atoms. The van der Waals surface area contributed by atoms with Gasteiger partial charge >= 0.3 is 0 Å². The number of carbonyl (C=O) groups is 1. The molecule has 0 unspecified atom stereocenters. The van der Waals surface area contributed by atoms with Crippen LogP contribution in [0.2, 0.25) is 4.34 Å². The van der Waals surface area contributed by atoms with E-state index in [-0.39, 0.29) is 11.9 Å². The number of rotatable bonds is 5. The highest BCUT2D eigenvalue weighted by atomic mass is 35.5. The van der Waals surface area contributed by atoms with Crippen LogP contribution < -0.4 is 4.72 Å². The summed E-state index contributed by atoms with van der Waals surface area (Å²) in [6.45, 7) is 1.06. The number of sulfonamides is 1. The summed E-state index contributed by atoms with van der Waals surface area (Å²) < 4.78 is 25.6. The Morgan fingerprint density at radius 2 is 2.30 bits per heavy atom. The van der Waals surface area contributed by atoms with Crippen molar-refractivity contribution >= 4 is 38.9 Å². The fraction of sp³-hybridized carbons (Fsp3) is 0.583. The van der Waals surface area contributed by atoms with E-state index in [2.05, 4.69) is 4.72 Å². The van der Waals surface area contributed by atoms with Crippen LogP contribution in [-0.4, -0.2) is 44.6 Å². The molecule has 0 bridgehead atoms. The Labute approximate surface area is 128 Å². The van der Waals surface area contributed by atoms with Gasteiger partial charge in [-0.15, -0.1) is 11.3 Å². The van der Waals surface area contributed by atoms with Gasteiger partial charge in [-0.05, 0) is 25.0 Å². The summed E-state index contributed by atoms with van der Waals surface area (Å²) in [6, 6.07) is 3.59. The predicted octanol–water partition coefficient (Wildman–Crippen LogP) is 1.48. The maximum absolute atomic E-state index is 12.1. The molecule has 1 aliphatic rings. The first-order valence-electron chi connectivity index (χ1n) is 6.33. The molecular formula is C12H17ClN2O3S2. The highest BCUT2D eigenvalue weighted by molar-refractivity contribution is 7.88. The highest BCUT2D eigenvalue weighted by Gasteiger charge is 2.27. The summed E-state index contributed by atoms with van der Waals surface area (Å²) in [7, 11) is -3.21. The number of hydrogen-bond acceptors (Lipinski definition) is 4. The van der Waals surface area contributed by atoms with Crippen molar-refractivity contribution in [1.82, 2.24) is 9.62 Å². The number of amides is 1. The first-order valence-corrected chi connectivity index (χ1v) is 9.41. The van der Waals surface area contributed by atoms with E-state index >= 15 is 0 Å². The Balaban J connectivity index is 1.79. The van der Waals surface area contributed by atoms with Crippen molar-refractivity contribution in [3.8, 4) is 0 Å². The van der Waals surface area contributed by atoms with E-state index in [0.717, 1.165) is 15.5 Å². The molecule has 2 rings (SSSR count). The lowest BCUT2D eigenvalue weighted by molar-refractivity contribution is -0.130. The second kappa shape index (κ2) is 6.43. The van der Waals surface area contributed by atoms with Crippen LogP contribution in [0.5, 0.6) is 0 Å². The molecule has 1 fully saturated rings. The topological polar surface area (TPSA) is 66.5 Å². The smallest absolute Gasteiger partial charge is 0.222 e. The minimum atomic E-state index is -3.21. The van der Waals surface area contributed by atoms with Gasteiger partial charge in [-0.2, -0.15) is 0 Å². The van der Waals surface area contributed by atoms with Gasteiger partial charge in [0.2, 0.25) is 15.9 Å². The predicted molar refractivity (Wildman–Crippen MR) is 80.6 cm³/mol. The minimum Gasteiger partial charge on any atom is -0.341 e. The van der Waals surface area contributed by atoms with Crippen LogP contribution >= 0.6 is 22.9 Å². The molecule has 1 aromatic heterocycles. The van der Waals surface area contributed by atoms with Gasteiger partial charge in [0, 0.05) is 30.4 Å². The molecule has 5 nitrogen and oxygen atoms in total. The summed E-state index contributed by atoms with van der Waals surface area (Å²) in [5, 5.41) is 0. The molecule has 0 radical (unpaired) electrons. The average Bonchev–Trinajstić information content (AvgIpc) is 2.93. The van der Waals surface area contributed by atoms with Gasteiger partial charge in [-0.3, -0.25) is 4.79 Å². The quantitative estimate of drug-likeness (QED) is 0.885. The van der Waals surface area contributed by atoms with Gasteiger partial charge in [0.25, 0.3) is 0 Å². The summed E-state index contributed by atoms with van der Waals surface area (Å²) in [5.74, 6) is 0.0623. The number of thiophene rings is 1. The van der Waals surface area contributed by atoms with E-state index in [1.165, 1.54) is 11.3 Å². The van der Waals surface area contributed by atoms with Crippen molar-refractivity contribution < 1.29 is 13.2 Å². The van der Waals surface area contributed by atoms with Crippen molar-refractivity contribution in [2.75, 3.05) is 19.3 Å². The van der Waals surface area contributed by atoms with Crippen LogP contribution in [0.3, 0.4) is 0 Å². The first-order chi connectivity index (χ1) is 9.33. The van der Waals surface area contributed by atoms with Gasteiger partial charge in [-0.1, -0.05) is 11.6 Å². The second-order valence-corrected chi connectivity index (χ2v) is 8.50. The van der Waals surface area contributed by atoms with E-state index in [4.69, 9.17) is 11.6 Å². The number of carbonyl (C=O) groups excluding carboxylic acids is 1.